The van der Waals surface area contributed by atoms with Gasteiger partial charge in [-0.15, -0.1) is 11.8 Å². The lowest BCUT2D eigenvalue weighted by Crippen LogP contribution is -2.28. The topological polar surface area (TPSA) is 92.3 Å². The van der Waals surface area contributed by atoms with Gasteiger partial charge in [0.2, 0.25) is 11.8 Å². The standard InChI is InChI=1S/C20H23BrN2O4S2/c21-17-8-4-9-18(12-17)23-20(25)14-28-13-19(24)22-10-5-11-29(26,27)15-16-6-2-1-3-7-16/h1-4,6-9,12H,5,10-11,13-15H2,(H,22,24)(H,23,25). The van der Waals surface area contributed by atoms with Crippen molar-refractivity contribution in [2.24, 2.45) is 0 Å². The Kier molecular flexibility index (Phi) is 9.69. The molecule has 2 rings (SSSR count). The molecule has 0 atom stereocenters. The van der Waals surface area contributed by atoms with Crippen LogP contribution in [0.25, 0.3) is 0 Å². The lowest BCUT2D eigenvalue weighted by atomic mass is 10.2. The molecule has 2 N–H and O–H groups in total. The second kappa shape index (κ2) is 12.0. The van der Waals surface area contributed by atoms with Crippen LogP contribution in [0.3, 0.4) is 0 Å². The molecule has 0 fully saturated rings. The first kappa shape index (κ1) is 23.4. The molecule has 9 heteroatoms. The van der Waals surface area contributed by atoms with Crippen molar-refractivity contribution >= 4 is 55.0 Å². The summed E-state index contributed by atoms with van der Waals surface area (Å²) >= 11 is 4.54. The smallest absolute Gasteiger partial charge is 0.234 e. The van der Waals surface area contributed by atoms with E-state index in [4.69, 9.17) is 0 Å². The van der Waals surface area contributed by atoms with Gasteiger partial charge in [0.1, 0.15) is 0 Å². The number of thioether (sulfide) groups is 1. The van der Waals surface area contributed by atoms with E-state index >= 15 is 0 Å². The Labute approximate surface area is 183 Å². The normalized spacial score (nSPS) is 11.1. The molecule has 2 amide bonds. The van der Waals surface area contributed by atoms with Crippen molar-refractivity contribution < 1.29 is 18.0 Å². The van der Waals surface area contributed by atoms with E-state index in [1.54, 1.807) is 24.3 Å². The van der Waals surface area contributed by atoms with Gasteiger partial charge < -0.3 is 10.6 Å². The predicted octanol–water partition coefficient (Wildman–Crippen LogP) is 3.24. The molecule has 156 valence electrons. The minimum absolute atomic E-state index is 0.00470. The summed E-state index contributed by atoms with van der Waals surface area (Å²) in [4.78, 5) is 23.7. The first-order chi connectivity index (χ1) is 13.8. The number of halogens is 1. The highest BCUT2D eigenvalue weighted by atomic mass is 79.9. The maximum atomic E-state index is 12.1. The maximum absolute atomic E-state index is 12.1. The lowest BCUT2D eigenvalue weighted by molar-refractivity contribution is -0.118. The van der Waals surface area contributed by atoms with E-state index in [2.05, 4.69) is 26.6 Å². The number of anilines is 1. The van der Waals surface area contributed by atoms with Crippen LogP contribution in [0.4, 0.5) is 5.69 Å². The fourth-order valence-electron chi connectivity index (χ4n) is 2.47. The Balaban J connectivity index is 1.58. The number of carbonyl (C=O) groups excluding carboxylic acids is 2. The van der Waals surface area contributed by atoms with Crippen LogP contribution in [0.1, 0.15) is 12.0 Å². The first-order valence-electron chi connectivity index (χ1n) is 8.98. The average Bonchev–Trinajstić information content (AvgIpc) is 2.66. The van der Waals surface area contributed by atoms with Crippen molar-refractivity contribution in [2.45, 2.75) is 12.2 Å². The van der Waals surface area contributed by atoms with Crippen molar-refractivity contribution in [3.05, 3.63) is 64.6 Å². The van der Waals surface area contributed by atoms with Gasteiger partial charge in [-0.2, -0.15) is 0 Å². The summed E-state index contributed by atoms with van der Waals surface area (Å²) in [6.45, 7) is 0.289. The van der Waals surface area contributed by atoms with Crippen molar-refractivity contribution in [1.82, 2.24) is 5.32 Å². The molecule has 29 heavy (non-hydrogen) atoms. The van der Waals surface area contributed by atoms with Crippen LogP contribution in [0.15, 0.2) is 59.1 Å². The molecule has 0 unspecified atom stereocenters. The van der Waals surface area contributed by atoms with E-state index < -0.39 is 9.84 Å². The van der Waals surface area contributed by atoms with Gasteiger partial charge in [0.25, 0.3) is 0 Å². The molecule has 0 spiro atoms. The van der Waals surface area contributed by atoms with Gasteiger partial charge >= 0.3 is 0 Å². The van der Waals surface area contributed by atoms with Gasteiger partial charge in [-0.1, -0.05) is 52.3 Å². The van der Waals surface area contributed by atoms with Crippen molar-refractivity contribution in [2.75, 3.05) is 29.1 Å². The Morgan fingerprint density at radius 2 is 1.69 bits per heavy atom. The summed E-state index contributed by atoms with van der Waals surface area (Å²) in [7, 11) is -3.21. The van der Waals surface area contributed by atoms with E-state index in [9.17, 15) is 18.0 Å². The first-order valence-corrected chi connectivity index (χ1v) is 12.8. The van der Waals surface area contributed by atoms with Crippen LogP contribution in [0, 0.1) is 0 Å². The molecular formula is C20H23BrN2O4S2. The number of nitrogens with one attached hydrogen (secondary N) is 2. The predicted molar refractivity (Wildman–Crippen MR) is 122 cm³/mol. The fraction of sp³-hybridized carbons (Fsp3) is 0.300. The second-order valence-corrected chi connectivity index (χ2v) is 10.4. The molecule has 0 aliphatic rings. The van der Waals surface area contributed by atoms with Gasteiger partial charge in [0.05, 0.1) is 23.0 Å². The molecule has 0 heterocycles. The van der Waals surface area contributed by atoms with Crippen LogP contribution in [-0.2, 0) is 25.2 Å². The third-order valence-electron chi connectivity index (χ3n) is 3.76. The molecule has 2 aromatic carbocycles. The zero-order chi connectivity index (χ0) is 21.1. The molecule has 0 saturated carbocycles. The van der Waals surface area contributed by atoms with Crippen molar-refractivity contribution in [3.63, 3.8) is 0 Å². The maximum Gasteiger partial charge on any atom is 0.234 e. The van der Waals surface area contributed by atoms with E-state index in [-0.39, 0.29) is 41.4 Å². The van der Waals surface area contributed by atoms with E-state index in [0.29, 0.717) is 12.1 Å². The van der Waals surface area contributed by atoms with E-state index in [0.717, 1.165) is 10.0 Å². The summed E-state index contributed by atoms with van der Waals surface area (Å²) < 4.78 is 25.1. The highest BCUT2D eigenvalue weighted by Crippen LogP contribution is 2.16. The molecule has 6 nitrogen and oxygen atoms in total. The highest BCUT2D eigenvalue weighted by Gasteiger charge is 2.12. The van der Waals surface area contributed by atoms with Crippen LogP contribution in [-0.4, -0.2) is 44.0 Å². The number of benzene rings is 2. The fourth-order valence-corrected chi connectivity index (χ4v) is 4.95. The van der Waals surface area contributed by atoms with Crippen molar-refractivity contribution in [3.8, 4) is 0 Å². The van der Waals surface area contributed by atoms with Gasteiger partial charge in [-0.05, 0) is 30.2 Å². The quantitative estimate of drug-likeness (QED) is 0.464. The third-order valence-corrected chi connectivity index (χ3v) is 6.87. The lowest BCUT2D eigenvalue weighted by Gasteiger charge is -2.07. The Hall–Kier alpha value is -1.84. The Morgan fingerprint density at radius 1 is 0.966 bits per heavy atom. The van der Waals surface area contributed by atoms with Gasteiger partial charge in [-0.3, -0.25) is 9.59 Å². The highest BCUT2D eigenvalue weighted by molar-refractivity contribution is 9.10. The summed E-state index contributed by atoms with van der Waals surface area (Å²) in [6.07, 6.45) is 0.356. The van der Waals surface area contributed by atoms with E-state index in [1.165, 1.54) is 11.8 Å². The molecule has 2 aromatic rings. The molecule has 0 aliphatic carbocycles. The zero-order valence-electron chi connectivity index (χ0n) is 15.8. The number of amides is 2. The number of hydrogen-bond donors (Lipinski definition) is 2. The molecule has 0 bridgehead atoms. The molecule has 0 aromatic heterocycles. The largest absolute Gasteiger partial charge is 0.355 e. The summed E-state index contributed by atoms with van der Waals surface area (Å²) in [5.74, 6) is -0.0815. The Morgan fingerprint density at radius 3 is 2.41 bits per heavy atom. The van der Waals surface area contributed by atoms with Gasteiger partial charge in [0, 0.05) is 16.7 Å². The number of carbonyl (C=O) groups is 2. The number of hydrogen-bond acceptors (Lipinski definition) is 5. The summed E-state index contributed by atoms with van der Waals surface area (Å²) in [5.41, 5.74) is 1.44. The summed E-state index contributed by atoms with van der Waals surface area (Å²) in [6, 6.07) is 16.3. The van der Waals surface area contributed by atoms with Crippen LogP contribution in [0.2, 0.25) is 0 Å². The average molecular weight is 499 g/mol. The molecule has 0 aliphatic heterocycles. The monoisotopic (exact) mass is 498 g/mol. The van der Waals surface area contributed by atoms with E-state index in [1.807, 2.05) is 30.3 Å². The number of rotatable bonds is 11. The minimum Gasteiger partial charge on any atom is -0.355 e. The second-order valence-electron chi connectivity index (χ2n) is 6.33. The molecular weight excluding hydrogens is 476 g/mol. The van der Waals surface area contributed by atoms with Crippen LogP contribution < -0.4 is 10.6 Å². The molecule has 0 saturated heterocycles. The molecule has 0 radical (unpaired) electrons. The number of sulfone groups is 1. The minimum atomic E-state index is -3.21. The Bertz CT molecular complexity index is 921. The zero-order valence-corrected chi connectivity index (χ0v) is 19.0. The SMILES string of the molecule is O=C(CSCC(=O)Nc1cccc(Br)c1)NCCCS(=O)(=O)Cc1ccccc1. The van der Waals surface area contributed by atoms with Gasteiger partial charge in [-0.25, -0.2) is 8.42 Å². The van der Waals surface area contributed by atoms with Gasteiger partial charge in [0.15, 0.2) is 9.84 Å². The summed E-state index contributed by atoms with van der Waals surface area (Å²) in [5, 5.41) is 5.45. The van der Waals surface area contributed by atoms with Crippen LogP contribution in [0.5, 0.6) is 0 Å². The van der Waals surface area contributed by atoms with Crippen molar-refractivity contribution in [1.29, 1.82) is 0 Å². The third kappa shape index (κ3) is 9.96. The van der Waals surface area contributed by atoms with Crippen LogP contribution >= 0.6 is 27.7 Å².